The van der Waals surface area contributed by atoms with Gasteiger partial charge in [0.2, 0.25) is 0 Å². The van der Waals surface area contributed by atoms with Gasteiger partial charge < -0.3 is 9.67 Å². The summed E-state index contributed by atoms with van der Waals surface area (Å²) in [5.74, 6) is 1.74. The van der Waals surface area contributed by atoms with Crippen LogP contribution in [0.5, 0.6) is 0 Å². The number of rotatable bonds is 9. The van der Waals surface area contributed by atoms with Crippen LogP contribution in [-0.4, -0.2) is 19.9 Å². The van der Waals surface area contributed by atoms with Crippen molar-refractivity contribution >= 4 is 0 Å². The third kappa shape index (κ3) is 4.46. The maximum absolute atomic E-state index is 9.18. The lowest BCUT2D eigenvalue weighted by Crippen LogP contribution is -2.07. The van der Waals surface area contributed by atoms with E-state index in [2.05, 4.69) is 28.6 Å². The Bertz CT molecular complexity index is 310. The van der Waals surface area contributed by atoms with Crippen LogP contribution in [0.3, 0.4) is 0 Å². The highest BCUT2D eigenvalue weighted by Gasteiger charge is 2.09. The zero-order chi connectivity index (χ0) is 12.5. The number of hydrogen-bond donors (Lipinski definition) is 1. The van der Waals surface area contributed by atoms with Gasteiger partial charge in [0.25, 0.3) is 0 Å². The van der Waals surface area contributed by atoms with Crippen molar-refractivity contribution in [2.45, 2.75) is 71.9 Å². The first-order valence-corrected chi connectivity index (χ1v) is 6.85. The fourth-order valence-corrected chi connectivity index (χ4v) is 2.04. The summed E-state index contributed by atoms with van der Waals surface area (Å²) in [5.41, 5.74) is 0. The fourth-order valence-electron chi connectivity index (χ4n) is 2.04. The molecule has 0 atom stereocenters. The summed E-state index contributed by atoms with van der Waals surface area (Å²) in [7, 11) is 0. The van der Waals surface area contributed by atoms with Crippen molar-refractivity contribution in [2.24, 2.45) is 0 Å². The molecule has 0 fully saturated rings. The molecule has 0 saturated heterocycles. The molecule has 0 radical (unpaired) electrons. The zero-order valence-electron chi connectivity index (χ0n) is 11.2. The lowest BCUT2D eigenvalue weighted by Gasteiger charge is -2.07. The van der Waals surface area contributed by atoms with Crippen LogP contribution in [0.2, 0.25) is 0 Å². The second kappa shape index (κ2) is 8.23. The Labute approximate surface area is 104 Å². The molecule has 0 saturated carbocycles. The van der Waals surface area contributed by atoms with Gasteiger partial charge in [-0.05, 0) is 12.8 Å². The van der Waals surface area contributed by atoms with Gasteiger partial charge in [-0.2, -0.15) is 0 Å². The van der Waals surface area contributed by atoms with E-state index in [1.165, 1.54) is 32.1 Å². The molecule has 0 aliphatic heterocycles. The van der Waals surface area contributed by atoms with E-state index in [-0.39, 0.29) is 6.61 Å². The predicted molar refractivity (Wildman–Crippen MR) is 68.7 cm³/mol. The monoisotopic (exact) mass is 239 g/mol. The molecule has 98 valence electrons. The van der Waals surface area contributed by atoms with Crippen LogP contribution in [0.1, 0.15) is 64.0 Å². The van der Waals surface area contributed by atoms with E-state index >= 15 is 0 Å². The molecule has 1 N–H and O–H groups in total. The Morgan fingerprint density at radius 3 is 2.29 bits per heavy atom. The molecule has 1 aromatic rings. The lowest BCUT2D eigenvalue weighted by molar-refractivity contribution is 0.264. The summed E-state index contributed by atoms with van der Waals surface area (Å²) in [5, 5.41) is 17.4. The standard InChI is InChI=1S/C13H25N3O/c1-3-5-6-7-8-9-12-14-15-13(11-17)16(12)10-4-2/h17H,3-11H2,1-2H3. The van der Waals surface area contributed by atoms with E-state index < -0.39 is 0 Å². The molecular formula is C13H25N3O. The Hall–Kier alpha value is -0.900. The highest BCUT2D eigenvalue weighted by atomic mass is 16.3. The number of hydrogen-bond acceptors (Lipinski definition) is 3. The van der Waals surface area contributed by atoms with Crippen molar-refractivity contribution in [2.75, 3.05) is 0 Å². The summed E-state index contributed by atoms with van der Waals surface area (Å²) in [6.45, 7) is 5.26. The average molecular weight is 239 g/mol. The molecule has 1 heterocycles. The number of aromatic nitrogens is 3. The number of aliphatic hydroxyl groups excluding tert-OH is 1. The van der Waals surface area contributed by atoms with Gasteiger partial charge in [-0.3, -0.25) is 0 Å². The second-order valence-electron chi connectivity index (χ2n) is 4.51. The molecule has 0 bridgehead atoms. The Kier molecular flexibility index (Phi) is 6.86. The minimum Gasteiger partial charge on any atom is -0.388 e. The highest BCUT2D eigenvalue weighted by Crippen LogP contribution is 2.10. The SMILES string of the molecule is CCCCCCCc1nnc(CO)n1CCC. The van der Waals surface area contributed by atoms with E-state index in [1.807, 2.05) is 0 Å². The van der Waals surface area contributed by atoms with E-state index in [9.17, 15) is 5.11 Å². The van der Waals surface area contributed by atoms with Crippen molar-refractivity contribution in [3.63, 3.8) is 0 Å². The predicted octanol–water partition coefficient (Wildman–Crippen LogP) is 2.69. The molecule has 0 aliphatic carbocycles. The topological polar surface area (TPSA) is 50.9 Å². The van der Waals surface area contributed by atoms with Crippen LogP contribution in [-0.2, 0) is 19.6 Å². The molecule has 0 aromatic carbocycles. The summed E-state index contributed by atoms with van der Waals surface area (Å²) in [4.78, 5) is 0. The van der Waals surface area contributed by atoms with Crippen molar-refractivity contribution in [1.29, 1.82) is 0 Å². The van der Waals surface area contributed by atoms with Gasteiger partial charge >= 0.3 is 0 Å². The molecule has 0 unspecified atom stereocenters. The fraction of sp³-hybridized carbons (Fsp3) is 0.846. The Morgan fingerprint density at radius 1 is 0.941 bits per heavy atom. The number of aryl methyl sites for hydroxylation is 1. The summed E-state index contributed by atoms with van der Waals surface area (Å²) >= 11 is 0. The molecule has 4 heteroatoms. The summed E-state index contributed by atoms with van der Waals surface area (Å²) in [6, 6.07) is 0. The van der Waals surface area contributed by atoms with Gasteiger partial charge in [0.05, 0.1) is 0 Å². The number of unbranched alkanes of at least 4 members (excludes halogenated alkanes) is 4. The van der Waals surface area contributed by atoms with Crippen LogP contribution < -0.4 is 0 Å². The van der Waals surface area contributed by atoms with Gasteiger partial charge in [-0.25, -0.2) is 0 Å². The van der Waals surface area contributed by atoms with Gasteiger partial charge in [-0.1, -0.05) is 39.5 Å². The Morgan fingerprint density at radius 2 is 1.65 bits per heavy atom. The average Bonchev–Trinajstić information content (AvgIpc) is 2.72. The third-order valence-electron chi connectivity index (χ3n) is 3.00. The van der Waals surface area contributed by atoms with Crippen molar-refractivity contribution in [3.8, 4) is 0 Å². The number of nitrogens with zero attached hydrogens (tertiary/aromatic N) is 3. The summed E-state index contributed by atoms with van der Waals surface area (Å²) < 4.78 is 2.07. The quantitative estimate of drug-likeness (QED) is 0.674. The second-order valence-corrected chi connectivity index (χ2v) is 4.51. The Balaban J connectivity index is 2.43. The van der Waals surface area contributed by atoms with E-state index in [0.29, 0.717) is 5.82 Å². The number of aliphatic hydroxyl groups is 1. The first-order chi connectivity index (χ1) is 8.33. The molecule has 0 spiro atoms. The minimum atomic E-state index is -0.0111. The molecule has 0 amide bonds. The van der Waals surface area contributed by atoms with Gasteiger partial charge in [0.15, 0.2) is 5.82 Å². The molecule has 17 heavy (non-hydrogen) atoms. The van der Waals surface area contributed by atoms with Crippen LogP contribution in [0.25, 0.3) is 0 Å². The van der Waals surface area contributed by atoms with E-state index in [0.717, 1.165) is 25.2 Å². The first kappa shape index (κ1) is 14.2. The first-order valence-electron chi connectivity index (χ1n) is 6.85. The highest BCUT2D eigenvalue weighted by molar-refractivity contribution is 4.95. The van der Waals surface area contributed by atoms with E-state index in [1.54, 1.807) is 0 Å². The van der Waals surface area contributed by atoms with Crippen molar-refractivity contribution < 1.29 is 5.11 Å². The lowest BCUT2D eigenvalue weighted by atomic mass is 10.1. The van der Waals surface area contributed by atoms with E-state index in [4.69, 9.17) is 0 Å². The maximum Gasteiger partial charge on any atom is 0.158 e. The molecule has 1 aromatic heterocycles. The minimum absolute atomic E-state index is 0.0111. The summed E-state index contributed by atoms with van der Waals surface area (Å²) in [6.07, 6.45) is 8.38. The smallest absolute Gasteiger partial charge is 0.158 e. The molecule has 1 rings (SSSR count). The molecule has 4 nitrogen and oxygen atoms in total. The maximum atomic E-state index is 9.18. The van der Waals surface area contributed by atoms with Crippen molar-refractivity contribution in [1.82, 2.24) is 14.8 Å². The van der Waals surface area contributed by atoms with Crippen molar-refractivity contribution in [3.05, 3.63) is 11.6 Å². The van der Waals surface area contributed by atoms with Crippen LogP contribution in [0.4, 0.5) is 0 Å². The van der Waals surface area contributed by atoms with Gasteiger partial charge in [0.1, 0.15) is 12.4 Å². The normalized spacial score (nSPS) is 11.0. The van der Waals surface area contributed by atoms with Crippen LogP contribution in [0.15, 0.2) is 0 Å². The molecule has 0 aliphatic rings. The van der Waals surface area contributed by atoms with Crippen LogP contribution >= 0.6 is 0 Å². The van der Waals surface area contributed by atoms with Gasteiger partial charge in [-0.15, -0.1) is 10.2 Å². The zero-order valence-corrected chi connectivity index (χ0v) is 11.2. The largest absolute Gasteiger partial charge is 0.388 e. The molecular weight excluding hydrogens is 214 g/mol. The third-order valence-corrected chi connectivity index (χ3v) is 3.00. The van der Waals surface area contributed by atoms with Gasteiger partial charge in [0, 0.05) is 13.0 Å². The van der Waals surface area contributed by atoms with Crippen LogP contribution in [0, 0.1) is 0 Å².